The third kappa shape index (κ3) is 8.43. The Morgan fingerprint density at radius 1 is 1.26 bits per heavy atom. The van der Waals surface area contributed by atoms with Gasteiger partial charge in [-0.15, -0.1) is 0 Å². The summed E-state index contributed by atoms with van der Waals surface area (Å²) in [5.41, 5.74) is -0.392. The van der Waals surface area contributed by atoms with E-state index in [9.17, 15) is 4.79 Å². The molecule has 0 aromatic rings. The van der Waals surface area contributed by atoms with Crippen LogP contribution in [0, 0.1) is 0 Å². The van der Waals surface area contributed by atoms with Crippen molar-refractivity contribution in [3.8, 4) is 0 Å². The first kappa shape index (κ1) is 15.8. The molecule has 1 aliphatic heterocycles. The van der Waals surface area contributed by atoms with E-state index in [1.807, 2.05) is 39.0 Å². The second-order valence-electron chi connectivity index (χ2n) is 5.54. The Morgan fingerprint density at radius 3 is 2.58 bits per heavy atom. The van der Waals surface area contributed by atoms with Gasteiger partial charge in [0, 0.05) is 19.5 Å². The summed E-state index contributed by atoms with van der Waals surface area (Å²) in [6.07, 6.45) is 9.16. The van der Waals surface area contributed by atoms with Gasteiger partial charge in [0.1, 0.15) is 5.60 Å². The number of allylic oxidation sites excluding steroid dienone is 3. The molecule has 1 saturated heterocycles. The van der Waals surface area contributed by atoms with Gasteiger partial charge in [0.05, 0.1) is 13.2 Å². The zero-order chi connectivity index (χ0) is 14.1. The minimum Gasteiger partial charge on any atom is -0.460 e. The van der Waals surface area contributed by atoms with Crippen LogP contribution in [0.2, 0.25) is 0 Å². The van der Waals surface area contributed by atoms with Crippen LogP contribution < -0.4 is 0 Å². The number of hydrogen-bond acceptors (Lipinski definition) is 4. The summed E-state index contributed by atoms with van der Waals surface area (Å²) >= 11 is 0. The summed E-state index contributed by atoms with van der Waals surface area (Å²) in [5.74, 6) is -0.144. The number of ether oxygens (including phenoxy) is 2. The lowest BCUT2D eigenvalue weighted by atomic mass is 10.2. The number of hydrogen-bond donors (Lipinski definition) is 0. The van der Waals surface area contributed by atoms with Gasteiger partial charge < -0.3 is 14.4 Å². The van der Waals surface area contributed by atoms with E-state index in [1.54, 1.807) is 0 Å². The Hall–Kier alpha value is -1.29. The molecule has 0 atom stereocenters. The molecule has 0 aliphatic carbocycles. The van der Waals surface area contributed by atoms with Crippen molar-refractivity contribution in [2.75, 3.05) is 26.3 Å². The van der Waals surface area contributed by atoms with Crippen LogP contribution in [0.1, 0.15) is 33.6 Å². The maximum absolute atomic E-state index is 11.4. The Bertz CT molecular complexity index is 323. The molecule has 4 heteroatoms. The molecule has 1 fully saturated rings. The third-order valence-corrected chi connectivity index (χ3v) is 2.52. The third-order valence-electron chi connectivity index (χ3n) is 2.52. The van der Waals surface area contributed by atoms with Crippen LogP contribution in [0.25, 0.3) is 0 Å². The standard InChI is InChI=1S/C15H25NO3/c1-15(2,3)19-14(17)8-6-4-5-7-9-16-10-12-18-13-11-16/h4-5,7,9H,6,8,10-13H2,1-3H3/b5-4+,9-7+. The van der Waals surface area contributed by atoms with E-state index in [1.165, 1.54) is 0 Å². The number of nitrogens with zero attached hydrogens (tertiary/aromatic N) is 1. The molecule has 0 aromatic carbocycles. The van der Waals surface area contributed by atoms with Gasteiger partial charge in [-0.25, -0.2) is 0 Å². The van der Waals surface area contributed by atoms with Gasteiger partial charge in [0.2, 0.25) is 0 Å². The second kappa shape index (κ2) is 8.00. The van der Waals surface area contributed by atoms with Crippen molar-refractivity contribution in [2.45, 2.75) is 39.2 Å². The molecule has 0 unspecified atom stereocenters. The predicted molar refractivity (Wildman–Crippen MR) is 75.8 cm³/mol. The summed E-state index contributed by atoms with van der Waals surface area (Å²) in [6, 6.07) is 0. The lowest BCUT2D eigenvalue weighted by molar-refractivity contribution is -0.154. The van der Waals surface area contributed by atoms with Crippen molar-refractivity contribution in [1.82, 2.24) is 4.90 Å². The number of rotatable bonds is 5. The number of carbonyl (C=O) groups excluding carboxylic acids is 1. The zero-order valence-electron chi connectivity index (χ0n) is 12.2. The molecule has 0 radical (unpaired) electrons. The van der Waals surface area contributed by atoms with Crippen molar-refractivity contribution in [3.63, 3.8) is 0 Å². The maximum atomic E-state index is 11.4. The first-order chi connectivity index (χ1) is 8.97. The monoisotopic (exact) mass is 267 g/mol. The Kier molecular flexibility index (Phi) is 6.64. The topological polar surface area (TPSA) is 38.8 Å². The first-order valence-corrected chi connectivity index (χ1v) is 6.84. The van der Waals surface area contributed by atoms with Gasteiger partial charge in [0.25, 0.3) is 0 Å². The minimum atomic E-state index is -0.392. The molecular weight excluding hydrogens is 242 g/mol. The fourth-order valence-corrected chi connectivity index (χ4v) is 1.67. The molecule has 19 heavy (non-hydrogen) atoms. The first-order valence-electron chi connectivity index (χ1n) is 6.84. The molecule has 1 heterocycles. The molecule has 0 saturated carbocycles. The number of morpholine rings is 1. The highest BCUT2D eigenvalue weighted by atomic mass is 16.6. The summed E-state index contributed by atoms with van der Waals surface area (Å²) in [7, 11) is 0. The minimum absolute atomic E-state index is 0.144. The van der Waals surface area contributed by atoms with Gasteiger partial charge in [-0.3, -0.25) is 4.79 Å². The van der Waals surface area contributed by atoms with Crippen molar-refractivity contribution in [1.29, 1.82) is 0 Å². The van der Waals surface area contributed by atoms with Crippen LogP contribution >= 0.6 is 0 Å². The fraction of sp³-hybridized carbons (Fsp3) is 0.667. The van der Waals surface area contributed by atoms with Crippen LogP contribution in [0.3, 0.4) is 0 Å². The molecule has 4 nitrogen and oxygen atoms in total. The van der Waals surface area contributed by atoms with Gasteiger partial charge in [-0.2, -0.15) is 0 Å². The largest absolute Gasteiger partial charge is 0.460 e. The number of esters is 1. The smallest absolute Gasteiger partial charge is 0.306 e. The van der Waals surface area contributed by atoms with E-state index >= 15 is 0 Å². The van der Waals surface area contributed by atoms with E-state index in [4.69, 9.17) is 9.47 Å². The van der Waals surface area contributed by atoms with Crippen LogP contribution in [0.5, 0.6) is 0 Å². The Balaban J connectivity index is 2.13. The van der Waals surface area contributed by atoms with Crippen molar-refractivity contribution < 1.29 is 14.3 Å². The highest BCUT2D eigenvalue weighted by molar-refractivity contribution is 5.69. The van der Waals surface area contributed by atoms with Gasteiger partial charge in [0.15, 0.2) is 0 Å². The maximum Gasteiger partial charge on any atom is 0.306 e. The summed E-state index contributed by atoms with van der Waals surface area (Å²) in [6.45, 7) is 9.13. The summed E-state index contributed by atoms with van der Waals surface area (Å²) in [4.78, 5) is 13.7. The van der Waals surface area contributed by atoms with Gasteiger partial charge in [-0.1, -0.05) is 12.2 Å². The molecular formula is C15H25NO3. The Morgan fingerprint density at radius 2 is 1.95 bits per heavy atom. The molecule has 0 N–H and O–H groups in total. The Labute approximate surface area is 116 Å². The van der Waals surface area contributed by atoms with Gasteiger partial charge in [-0.05, 0) is 39.5 Å². The van der Waals surface area contributed by atoms with Crippen LogP contribution in [0.15, 0.2) is 24.4 Å². The van der Waals surface area contributed by atoms with E-state index in [-0.39, 0.29) is 5.97 Å². The highest BCUT2D eigenvalue weighted by Gasteiger charge is 2.14. The molecule has 0 amide bonds. The van der Waals surface area contributed by atoms with Crippen LogP contribution in [-0.2, 0) is 14.3 Å². The molecule has 0 bridgehead atoms. The fourth-order valence-electron chi connectivity index (χ4n) is 1.67. The zero-order valence-corrected chi connectivity index (χ0v) is 12.2. The lowest BCUT2D eigenvalue weighted by Crippen LogP contribution is -2.31. The predicted octanol–water partition coefficient (Wildman–Crippen LogP) is 2.51. The van der Waals surface area contributed by atoms with Crippen LogP contribution in [0.4, 0.5) is 0 Å². The average molecular weight is 267 g/mol. The SMILES string of the molecule is CC(C)(C)OC(=O)CC/C=C/C=C/N1CCOCC1. The molecule has 1 rings (SSSR count). The van der Waals surface area contributed by atoms with E-state index in [0.717, 1.165) is 26.3 Å². The normalized spacial score (nSPS) is 17.3. The summed E-state index contributed by atoms with van der Waals surface area (Å²) < 4.78 is 10.5. The van der Waals surface area contributed by atoms with E-state index in [0.29, 0.717) is 12.8 Å². The van der Waals surface area contributed by atoms with Gasteiger partial charge >= 0.3 is 5.97 Å². The summed E-state index contributed by atoms with van der Waals surface area (Å²) in [5, 5.41) is 0. The molecule has 0 spiro atoms. The van der Waals surface area contributed by atoms with E-state index in [2.05, 4.69) is 11.1 Å². The van der Waals surface area contributed by atoms with Crippen LogP contribution in [-0.4, -0.2) is 42.8 Å². The highest BCUT2D eigenvalue weighted by Crippen LogP contribution is 2.09. The van der Waals surface area contributed by atoms with Crippen molar-refractivity contribution in [2.24, 2.45) is 0 Å². The molecule has 0 aromatic heterocycles. The van der Waals surface area contributed by atoms with E-state index < -0.39 is 5.60 Å². The van der Waals surface area contributed by atoms with Crippen molar-refractivity contribution in [3.05, 3.63) is 24.4 Å². The molecule has 1 aliphatic rings. The average Bonchev–Trinajstić information content (AvgIpc) is 2.32. The number of carbonyl (C=O) groups is 1. The molecule has 108 valence electrons. The lowest BCUT2D eigenvalue weighted by Gasteiger charge is -2.24. The second-order valence-corrected chi connectivity index (χ2v) is 5.54. The van der Waals surface area contributed by atoms with Crippen molar-refractivity contribution >= 4 is 5.97 Å². The quantitative estimate of drug-likeness (QED) is 0.567.